The number of nitrogens with zero attached hydrogens (tertiary/aromatic N) is 7. The molecule has 1 saturated carbocycles. The van der Waals surface area contributed by atoms with Crippen molar-refractivity contribution in [2.45, 2.75) is 68.4 Å². The second-order valence-corrected chi connectivity index (χ2v) is 14.4. The fraction of sp³-hybridized carbons (Fsp3) is 0.667. The molecule has 6 aliphatic rings. The van der Waals surface area contributed by atoms with Crippen LogP contribution in [0.1, 0.15) is 53.7 Å². The Morgan fingerprint density at radius 1 is 0.976 bits per heavy atom. The number of likely N-dealkylation sites (tertiary alicyclic amines) is 1. The minimum Gasteiger partial charge on any atom is -0.463 e. The highest BCUT2D eigenvalue weighted by Gasteiger charge is 2.52. The highest BCUT2D eigenvalue weighted by molar-refractivity contribution is 7.10. The maximum atomic E-state index is 13.8. The molecular formula is C30H34F2N8OS. The van der Waals surface area contributed by atoms with Crippen LogP contribution in [0, 0.1) is 28.1 Å². The Morgan fingerprint density at radius 2 is 1.67 bits per heavy atom. The fourth-order valence-electron chi connectivity index (χ4n) is 8.03. The molecule has 2 aliphatic carbocycles. The number of nitriles is 2. The molecule has 5 fully saturated rings. The number of thiophene rings is 1. The molecule has 8 rings (SSSR count). The third-order valence-corrected chi connectivity index (χ3v) is 11.4. The van der Waals surface area contributed by atoms with Crippen LogP contribution in [0.4, 0.5) is 20.4 Å². The van der Waals surface area contributed by atoms with Gasteiger partial charge in [0.05, 0.1) is 12.2 Å². The van der Waals surface area contributed by atoms with Gasteiger partial charge in [-0.3, -0.25) is 4.90 Å². The van der Waals surface area contributed by atoms with Crippen molar-refractivity contribution >= 4 is 23.0 Å². The van der Waals surface area contributed by atoms with E-state index in [-0.39, 0.29) is 29.9 Å². The van der Waals surface area contributed by atoms with Crippen LogP contribution in [0.25, 0.3) is 0 Å². The lowest BCUT2D eigenvalue weighted by Crippen LogP contribution is -2.59. The Kier molecular flexibility index (Phi) is 6.15. The molecule has 1 spiro atoms. The molecule has 2 aromatic heterocycles. The largest absolute Gasteiger partial charge is 0.463 e. The van der Waals surface area contributed by atoms with Crippen molar-refractivity contribution in [3.63, 3.8) is 0 Å². The van der Waals surface area contributed by atoms with Gasteiger partial charge in [0.1, 0.15) is 30.0 Å². The summed E-state index contributed by atoms with van der Waals surface area (Å²) in [6.07, 6.45) is 3.25. The predicted octanol–water partition coefficient (Wildman–Crippen LogP) is 3.08. The molecule has 4 atom stereocenters. The van der Waals surface area contributed by atoms with E-state index < -0.39 is 12.3 Å². The highest BCUT2D eigenvalue weighted by Crippen LogP contribution is 2.51. The van der Waals surface area contributed by atoms with Crippen molar-refractivity contribution < 1.29 is 13.5 Å². The Bertz CT molecular complexity index is 1470. The van der Waals surface area contributed by atoms with E-state index in [1.54, 1.807) is 11.3 Å². The van der Waals surface area contributed by atoms with E-state index in [0.717, 1.165) is 57.2 Å². The van der Waals surface area contributed by atoms with Gasteiger partial charge in [0, 0.05) is 79.0 Å². The Balaban J connectivity index is 1.07. The summed E-state index contributed by atoms with van der Waals surface area (Å²) in [5.74, 6) is 1.23. The number of hydrogen-bond acceptors (Lipinski definition) is 10. The van der Waals surface area contributed by atoms with Crippen LogP contribution in [0.15, 0.2) is 5.38 Å². The summed E-state index contributed by atoms with van der Waals surface area (Å²) in [4.78, 5) is 17.2. The average molecular weight is 593 g/mol. The second-order valence-electron chi connectivity index (χ2n) is 13.4. The quantitative estimate of drug-likeness (QED) is 0.520. The Hall–Kier alpha value is -3.06. The van der Waals surface area contributed by atoms with E-state index in [0.29, 0.717) is 55.5 Å². The van der Waals surface area contributed by atoms with Crippen molar-refractivity contribution in [3.8, 4) is 18.1 Å². The zero-order valence-corrected chi connectivity index (χ0v) is 24.3. The standard InChI is InChI=1S/C30H34F2N8OS/c31-22-11-38(12-23(22)32)14-29(5-6-29)17-41-28-36-26(39-9-19-1-2-20(10-39)35-19)21(8-34)27(37-28)40-15-30(16-40)4-3-24-25(30)18(7-33)13-42-24/h13,19-20,22-23,35H,1-6,9-12,14-17H2/t19-,20+,22-,23+. The molecule has 9 nitrogen and oxygen atoms in total. The van der Waals surface area contributed by atoms with Gasteiger partial charge in [0.15, 0.2) is 11.6 Å². The molecule has 2 bridgehead atoms. The number of aromatic nitrogens is 2. The van der Waals surface area contributed by atoms with Crippen LogP contribution < -0.4 is 19.9 Å². The third kappa shape index (κ3) is 4.33. The first-order valence-corrected chi connectivity index (χ1v) is 16.0. The number of aryl methyl sites for hydroxylation is 1. The fourth-order valence-corrected chi connectivity index (χ4v) is 9.12. The number of rotatable bonds is 7. The molecule has 1 N–H and O–H groups in total. The SMILES string of the molecule is N#Cc1csc2c1C1(CC2)CN(c2nc(OCC3(CN4C[C@@H](F)[C@@H](F)C4)CC3)nc(N3C[C@H]4CC[C@@H](C3)N4)c2C#N)C1. The molecule has 12 heteroatoms. The summed E-state index contributed by atoms with van der Waals surface area (Å²) in [5, 5.41) is 25.8. The van der Waals surface area contributed by atoms with Crippen LogP contribution in [0.2, 0.25) is 0 Å². The molecular weight excluding hydrogens is 558 g/mol. The number of nitrogens with one attached hydrogen (secondary N) is 1. The maximum Gasteiger partial charge on any atom is 0.320 e. The molecule has 0 unspecified atom stereocenters. The Morgan fingerprint density at radius 3 is 2.31 bits per heavy atom. The zero-order chi connectivity index (χ0) is 28.6. The lowest BCUT2D eigenvalue weighted by Gasteiger charge is -2.49. The summed E-state index contributed by atoms with van der Waals surface area (Å²) < 4.78 is 33.9. The lowest BCUT2D eigenvalue weighted by molar-refractivity contribution is 0.163. The predicted molar refractivity (Wildman–Crippen MR) is 154 cm³/mol. The van der Waals surface area contributed by atoms with Crippen molar-refractivity contribution in [1.29, 1.82) is 10.5 Å². The van der Waals surface area contributed by atoms with Gasteiger partial charge in [0.25, 0.3) is 0 Å². The first-order valence-electron chi connectivity index (χ1n) is 15.1. The van der Waals surface area contributed by atoms with Gasteiger partial charge in [-0.2, -0.15) is 20.5 Å². The molecule has 42 heavy (non-hydrogen) atoms. The smallest absolute Gasteiger partial charge is 0.320 e. The minimum absolute atomic E-state index is 0.0796. The summed E-state index contributed by atoms with van der Waals surface area (Å²) in [6, 6.07) is 5.82. The van der Waals surface area contributed by atoms with E-state index in [4.69, 9.17) is 14.7 Å². The number of hydrogen-bond donors (Lipinski definition) is 1. The summed E-state index contributed by atoms with van der Waals surface area (Å²) >= 11 is 1.68. The summed E-state index contributed by atoms with van der Waals surface area (Å²) in [7, 11) is 0. The van der Waals surface area contributed by atoms with Crippen molar-refractivity contribution in [3.05, 3.63) is 26.9 Å². The van der Waals surface area contributed by atoms with Gasteiger partial charge < -0.3 is 19.9 Å². The van der Waals surface area contributed by atoms with Gasteiger partial charge in [-0.15, -0.1) is 11.3 Å². The van der Waals surface area contributed by atoms with E-state index in [2.05, 4.69) is 27.3 Å². The molecule has 2 aromatic rings. The van der Waals surface area contributed by atoms with Crippen LogP contribution in [-0.4, -0.2) is 91.7 Å². The van der Waals surface area contributed by atoms with Crippen LogP contribution in [0.3, 0.4) is 0 Å². The number of anilines is 2. The molecule has 4 aliphatic heterocycles. The van der Waals surface area contributed by atoms with E-state index >= 15 is 0 Å². The normalized spacial score (nSPS) is 30.2. The van der Waals surface area contributed by atoms with Crippen LogP contribution in [-0.2, 0) is 11.8 Å². The van der Waals surface area contributed by atoms with E-state index in [9.17, 15) is 19.3 Å². The molecule has 4 saturated heterocycles. The first-order chi connectivity index (χ1) is 20.4. The molecule has 6 heterocycles. The van der Waals surface area contributed by atoms with E-state index in [1.807, 2.05) is 10.3 Å². The molecule has 0 radical (unpaired) electrons. The summed E-state index contributed by atoms with van der Waals surface area (Å²) in [6.45, 7) is 4.21. The number of halogens is 2. The monoisotopic (exact) mass is 592 g/mol. The van der Waals surface area contributed by atoms with Gasteiger partial charge in [-0.1, -0.05) is 0 Å². The molecule has 0 amide bonds. The minimum atomic E-state index is -1.42. The topological polar surface area (TPSA) is 104 Å². The van der Waals surface area contributed by atoms with Crippen LogP contribution in [0.5, 0.6) is 6.01 Å². The zero-order valence-electron chi connectivity index (χ0n) is 23.5. The van der Waals surface area contributed by atoms with Crippen molar-refractivity contribution in [2.24, 2.45) is 5.41 Å². The number of piperazine rings is 1. The number of ether oxygens (including phenoxy) is 1. The van der Waals surface area contributed by atoms with E-state index in [1.165, 1.54) is 10.4 Å². The highest BCUT2D eigenvalue weighted by atomic mass is 32.1. The van der Waals surface area contributed by atoms with Gasteiger partial charge in [-0.05, 0) is 44.1 Å². The Labute approximate surface area is 248 Å². The number of fused-ring (bicyclic) bond motifs is 4. The first kappa shape index (κ1) is 26.6. The summed E-state index contributed by atoms with van der Waals surface area (Å²) in [5.41, 5.74) is 2.22. The average Bonchev–Trinajstić information content (AvgIpc) is 3.23. The van der Waals surface area contributed by atoms with Crippen molar-refractivity contribution in [1.82, 2.24) is 20.2 Å². The third-order valence-electron chi connectivity index (χ3n) is 10.4. The maximum absolute atomic E-state index is 13.8. The van der Waals surface area contributed by atoms with Crippen molar-refractivity contribution in [2.75, 3.05) is 62.2 Å². The number of alkyl halides is 2. The second kappa shape index (κ2) is 9.73. The van der Waals surface area contributed by atoms with Crippen LogP contribution >= 0.6 is 11.3 Å². The molecule has 0 aromatic carbocycles. The molecule has 220 valence electrons. The van der Waals surface area contributed by atoms with Gasteiger partial charge >= 0.3 is 6.01 Å². The lowest BCUT2D eigenvalue weighted by atomic mass is 9.74. The van der Waals surface area contributed by atoms with Gasteiger partial charge in [-0.25, -0.2) is 8.78 Å². The van der Waals surface area contributed by atoms with Gasteiger partial charge in [0.2, 0.25) is 0 Å².